The number of amides is 1. The maximum absolute atomic E-state index is 12.0. The second-order valence-electron chi connectivity index (χ2n) is 4.53. The number of carbonyl (C=O) groups excluding carboxylic acids is 1. The normalized spacial score (nSPS) is 24.1. The number of rotatable bonds is 3. The standard InChI is InChI=1S/C13H15NO3/c1-14-8-7-13(11(14)15,12(16)17)9-10-5-3-2-4-6-10/h2-6H,7-9H2,1H3,(H,16,17)/t13-/m0/s1. The average molecular weight is 233 g/mol. The summed E-state index contributed by atoms with van der Waals surface area (Å²) in [4.78, 5) is 25.0. The number of carbonyl (C=O) groups is 2. The van der Waals surface area contributed by atoms with Gasteiger partial charge in [0.25, 0.3) is 0 Å². The largest absolute Gasteiger partial charge is 0.480 e. The van der Waals surface area contributed by atoms with Gasteiger partial charge in [0.2, 0.25) is 5.91 Å². The Morgan fingerprint density at radius 2 is 2.06 bits per heavy atom. The van der Waals surface area contributed by atoms with Crippen LogP contribution in [0.1, 0.15) is 12.0 Å². The summed E-state index contributed by atoms with van der Waals surface area (Å²) in [6, 6.07) is 9.30. The molecule has 1 atom stereocenters. The van der Waals surface area contributed by atoms with Gasteiger partial charge in [-0.05, 0) is 18.4 Å². The van der Waals surface area contributed by atoms with Crippen LogP contribution < -0.4 is 0 Å². The molecule has 2 rings (SSSR count). The van der Waals surface area contributed by atoms with E-state index >= 15 is 0 Å². The molecule has 90 valence electrons. The minimum atomic E-state index is -1.27. The summed E-state index contributed by atoms with van der Waals surface area (Å²) in [5.74, 6) is -1.30. The van der Waals surface area contributed by atoms with Gasteiger partial charge in [-0.2, -0.15) is 0 Å². The van der Waals surface area contributed by atoms with E-state index in [-0.39, 0.29) is 12.3 Å². The maximum atomic E-state index is 12.0. The lowest BCUT2D eigenvalue weighted by Gasteiger charge is -2.22. The summed E-state index contributed by atoms with van der Waals surface area (Å²) >= 11 is 0. The van der Waals surface area contributed by atoms with Crippen LogP contribution in [0.4, 0.5) is 0 Å². The van der Waals surface area contributed by atoms with E-state index in [4.69, 9.17) is 0 Å². The van der Waals surface area contributed by atoms with Crippen molar-refractivity contribution in [3.05, 3.63) is 35.9 Å². The zero-order chi connectivity index (χ0) is 12.5. The molecule has 0 radical (unpaired) electrons. The first kappa shape index (κ1) is 11.6. The average Bonchev–Trinajstić information content (AvgIpc) is 2.60. The number of carboxylic acid groups (broad SMARTS) is 1. The van der Waals surface area contributed by atoms with Crippen molar-refractivity contribution in [3.63, 3.8) is 0 Å². The van der Waals surface area contributed by atoms with Crippen molar-refractivity contribution in [1.29, 1.82) is 0 Å². The minimum absolute atomic E-state index is 0.270. The van der Waals surface area contributed by atoms with Gasteiger partial charge in [-0.25, -0.2) is 0 Å². The summed E-state index contributed by atoms with van der Waals surface area (Å²) in [5.41, 5.74) is -0.380. The molecule has 0 unspecified atom stereocenters. The molecule has 0 spiro atoms. The number of likely N-dealkylation sites (tertiary alicyclic amines) is 1. The van der Waals surface area contributed by atoms with E-state index in [0.29, 0.717) is 13.0 Å². The summed E-state index contributed by atoms with van der Waals surface area (Å²) < 4.78 is 0. The Labute approximate surface area is 99.9 Å². The number of hydrogen-bond acceptors (Lipinski definition) is 2. The summed E-state index contributed by atoms with van der Waals surface area (Å²) in [5, 5.41) is 9.37. The van der Waals surface area contributed by atoms with Gasteiger partial charge in [-0.15, -0.1) is 0 Å². The predicted molar refractivity (Wildman–Crippen MR) is 62.5 cm³/mol. The minimum Gasteiger partial charge on any atom is -0.480 e. The van der Waals surface area contributed by atoms with E-state index in [1.807, 2.05) is 30.3 Å². The molecule has 4 nitrogen and oxygen atoms in total. The van der Waals surface area contributed by atoms with Crippen LogP contribution in [0.5, 0.6) is 0 Å². The fourth-order valence-electron chi connectivity index (χ4n) is 2.31. The maximum Gasteiger partial charge on any atom is 0.319 e. The molecule has 1 saturated heterocycles. The lowest BCUT2D eigenvalue weighted by Crippen LogP contribution is -2.41. The molecular weight excluding hydrogens is 218 g/mol. The predicted octanol–water partition coefficient (Wildman–Crippen LogP) is 1.16. The molecule has 0 saturated carbocycles. The highest BCUT2D eigenvalue weighted by Crippen LogP contribution is 2.35. The molecule has 0 aromatic heterocycles. The highest BCUT2D eigenvalue weighted by molar-refractivity contribution is 6.03. The Morgan fingerprint density at radius 1 is 1.41 bits per heavy atom. The molecule has 1 aromatic rings. The lowest BCUT2D eigenvalue weighted by atomic mass is 9.80. The highest BCUT2D eigenvalue weighted by Gasteiger charge is 2.51. The fraction of sp³-hybridized carbons (Fsp3) is 0.385. The Balaban J connectivity index is 2.31. The second kappa shape index (κ2) is 4.20. The molecule has 17 heavy (non-hydrogen) atoms. The van der Waals surface area contributed by atoms with E-state index in [9.17, 15) is 14.7 Å². The van der Waals surface area contributed by atoms with E-state index < -0.39 is 11.4 Å². The first-order valence-corrected chi connectivity index (χ1v) is 5.59. The zero-order valence-corrected chi connectivity index (χ0v) is 9.72. The molecule has 4 heteroatoms. The van der Waals surface area contributed by atoms with Crippen molar-refractivity contribution in [2.75, 3.05) is 13.6 Å². The molecule has 1 aliphatic heterocycles. The number of aliphatic carboxylic acids is 1. The molecule has 1 amide bonds. The third kappa shape index (κ3) is 1.90. The van der Waals surface area contributed by atoms with Crippen LogP contribution in [0.25, 0.3) is 0 Å². The number of benzene rings is 1. The number of nitrogens with zero attached hydrogens (tertiary/aromatic N) is 1. The van der Waals surface area contributed by atoms with Crippen molar-refractivity contribution in [1.82, 2.24) is 4.90 Å². The molecule has 0 aliphatic carbocycles. The Hall–Kier alpha value is -1.84. The molecule has 1 fully saturated rings. The van der Waals surface area contributed by atoms with Gasteiger partial charge in [0.05, 0.1) is 0 Å². The van der Waals surface area contributed by atoms with Crippen LogP contribution in [0.15, 0.2) is 30.3 Å². The summed E-state index contributed by atoms with van der Waals surface area (Å²) in [7, 11) is 1.65. The van der Waals surface area contributed by atoms with E-state index in [1.54, 1.807) is 7.05 Å². The Bertz CT molecular complexity index is 443. The van der Waals surface area contributed by atoms with Crippen LogP contribution in [0.3, 0.4) is 0 Å². The summed E-state index contributed by atoms with van der Waals surface area (Å²) in [6.07, 6.45) is 0.652. The van der Waals surface area contributed by atoms with E-state index in [1.165, 1.54) is 4.90 Å². The third-order valence-corrected chi connectivity index (χ3v) is 3.39. The van der Waals surface area contributed by atoms with Crippen LogP contribution in [-0.4, -0.2) is 35.5 Å². The molecular formula is C13H15NO3. The van der Waals surface area contributed by atoms with Gasteiger partial charge in [-0.3, -0.25) is 9.59 Å². The molecule has 0 bridgehead atoms. The number of carboxylic acids is 1. The smallest absolute Gasteiger partial charge is 0.319 e. The number of hydrogen-bond donors (Lipinski definition) is 1. The lowest BCUT2D eigenvalue weighted by molar-refractivity contribution is -0.155. The van der Waals surface area contributed by atoms with Gasteiger partial charge in [0, 0.05) is 13.6 Å². The molecule has 1 aliphatic rings. The first-order valence-electron chi connectivity index (χ1n) is 5.59. The van der Waals surface area contributed by atoms with Gasteiger partial charge in [-0.1, -0.05) is 30.3 Å². The Kier molecular flexibility index (Phi) is 2.88. The van der Waals surface area contributed by atoms with Crippen LogP contribution in [0.2, 0.25) is 0 Å². The van der Waals surface area contributed by atoms with Gasteiger partial charge >= 0.3 is 5.97 Å². The Morgan fingerprint density at radius 3 is 2.53 bits per heavy atom. The van der Waals surface area contributed by atoms with Gasteiger partial charge in [0.15, 0.2) is 5.41 Å². The zero-order valence-electron chi connectivity index (χ0n) is 9.72. The van der Waals surface area contributed by atoms with Gasteiger partial charge < -0.3 is 10.0 Å². The first-order chi connectivity index (χ1) is 8.06. The third-order valence-electron chi connectivity index (χ3n) is 3.39. The topological polar surface area (TPSA) is 57.6 Å². The SMILES string of the molecule is CN1CC[C@@](Cc2ccccc2)(C(=O)O)C1=O. The van der Waals surface area contributed by atoms with E-state index in [0.717, 1.165) is 5.56 Å². The van der Waals surface area contributed by atoms with Gasteiger partial charge in [0.1, 0.15) is 0 Å². The van der Waals surface area contributed by atoms with E-state index in [2.05, 4.69) is 0 Å². The molecule has 1 heterocycles. The van der Waals surface area contributed by atoms with Crippen molar-refractivity contribution in [3.8, 4) is 0 Å². The van der Waals surface area contributed by atoms with Crippen molar-refractivity contribution >= 4 is 11.9 Å². The van der Waals surface area contributed by atoms with Crippen molar-refractivity contribution < 1.29 is 14.7 Å². The van der Waals surface area contributed by atoms with Crippen LogP contribution >= 0.6 is 0 Å². The van der Waals surface area contributed by atoms with Crippen molar-refractivity contribution in [2.24, 2.45) is 5.41 Å². The fourth-order valence-corrected chi connectivity index (χ4v) is 2.31. The molecule has 1 aromatic carbocycles. The van der Waals surface area contributed by atoms with Crippen LogP contribution in [0, 0.1) is 5.41 Å². The van der Waals surface area contributed by atoms with Crippen LogP contribution in [-0.2, 0) is 16.0 Å². The highest BCUT2D eigenvalue weighted by atomic mass is 16.4. The van der Waals surface area contributed by atoms with Crippen molar-refractivity contribution in [2.45, 2.75) is 12.8 Å². The quantitative estimate of drug-likeness (QED) is 0.797. The second-order valence-corrected chi connectivity index (χ2v) is 4.53. The monoisotopic (exact) mass is 233 g/mol. The molecule has 1 N–H and O–H groups in total. The summed E-state index contributed by atoms with van der Waals surface area (Å²) in [6.45, 7) is 0.512.